The summed E-state index contributed by atoms with van der Waals surface area (Å²) in [6.45, 7) is 9.25. The highest BCUT2D eigenvalue weighted by atomic mass is 14.9. The average Bonchev–Trinajstić information content (AvgIpc) is 2.47. The molecule has 21 heavy (non-hydrogen) atoms. The Balaban J connectivity index is 2.48. The van der Waals surface area contributed by atoms with Crippen molar-refractivity contribution in [3.05, 3.63) is 35.9 Å². The quantitative estimate of drug-likeness (QED) is 0.484. The van der Waals surface area contributed by atoms with Gasteiger partial charge >= 0.3 is 0 Å². The molecule has 0 bridgehead atoms. The standard InChI is InChI=1S/C20H35N/c1-5-6-8-16-20(19-14-9-7-10-15-19)21-18(4)13-11-12-17(2)3/h7,9-10,14-15,17-18,20-21H,5-6,8,11-13,16H2,1-4H3. The third-order valence-electron chi connectivity index (χ3n) is 4.20. The first-order valence-corrected chi connectivity index (χ1v) is 8.94. The SMILES string of the molecule is CCCCCC(NC(C)CCCC(C)C)c1ccccc1. The molecule has 1 nitrogen and oxygen atoms in total. The lowest BCUT2D eigenvalue weighted by Crippen LogP contribution is -2.30. The summed E-state index contributed by atoms with van der Waals surface area (Å²) in [5, 5.41) is 3.87. The maximum atomic E-state index is 3.87. The van der Waals surface area contributed by atoms with Crippen LogP contribution in [0, 0.1) is 5.92 Å². The van der Waals surface area contributed by atoms with E-state index in [4.69, 9.17) is 0 Å². The van der Waals surface area contributed by atoms with Crippen LogP contribution in [0.15, 0.2) is 30.3 Å². The van der Waals surface area contributed by atoms with Gasteiger partial charge in [-0.2, -0.15) is 0 Å². The number of hydrogen-bond donors (Lipinski definition) is 1. The van der Waals surface area contributed by atoms with Gasteiger partial charge in [-0.1, -0.05) is 83.2 Å². The summed E-state index contributed by atoms with van der Waals surface area (Å²) >= 11 is 0. The molecule has 1 N–H and O–H groups in total. The molecule has 1 heteroatoms. The lowest BCUT2D eigenvalue weighted by Gasteiger charge is -2.24. The molecule has 2 atom stereocenters. The van der Waals surface area contributed by atoms with Crippen LogP contribution in [0.3, 0.4) is 0 Å². The Morgan fingerprint density at radius 1 is 0.857 bits per heavy atom. The Morgan fingerprint density at radius 3 is 2.19 bits per heavy atom. The van der Waals surface area contributed by atoms with E-state index in [0.717, 1.165) is 5.92 Å². The normalized spacial score (nSPS) is 14.3. The van der Waals surface area contributed by atoms with Gasteiger partial charge in [0.1, 0.15) is 0 Å². The first-order valence-electron chi connectivity index (χ1n) is 8.94. The lowest BCUT2D eigenvalue weighted by atomic mass is 9.98. The predicted molar refractivity (Wildman–Crippen MR) is 94.6 cm³/mol. The van der Waals surface area contributed by atoms with E-state index < -0.39 is 0 Å². The Labute approximate surface area is 132 Å². The van der Waals surface area contributed by atoms with Gasteiger partial charge in [0.25, 0.3) is 0 Å². The van der Waals surface area contributed by atoms with Gasteiger partial charge in [0.2, 0.25) is 0 Å². The summed E-state index contributed by atoms with van der Waals surface area (Å²) < 4.78 is 0. The molecular formula is C20H35N. The minimum absolute atomic E-state index is 0.520. The molecule has 1 rings (SSSR count). The van der Waals surface area contributed by atoms with Crippen molar-refractivity contribution >= 4 is 0 Å². The Kier molecular flexibility index (Phi) is 9.41. The third kappa shape index (κ3) is 8.26. The van der Waals surface area contributed by atoms with Crippen LogP contribution in [0.4, 0.5) is 0 Å². The van der Waals surface area contributed by atoms with Crippen LogP contribution in [0.1, 0.15) is 84.2 Å². The number of hydrogen-bond acceptors (Lipinski definition) is 1. The molecule has 0 saturated carbocycles. The molecule has 0 saturated heterocycles. The Morgan fingerprint density at radius 2 is 1.57 bits per heavy atom. The average molecular weight is 290 g/mol. The second-order valence-electron chi connectivity index (χ2n) is 6.85. The van der Waals surface area contributed by atoms with Crippen LogP contribution in [0.25, 0.3) is 0 Å². The van der Waals surface area contributed by atoms with Crippen molar-refractivity contribution in [2.45, 2.75) is 84.7 Å². The van der Waals surface area contributed by atoms with Crippen LogP contribution in [0.2, 0.25) is 0 Å². The van der Waals surface area contributed by atoms with E-state index >= 15 is 0 Å². The molecule has 0 fully saturated rings. The zero-order chi connectivity index (χ0) is 15.5. The third-order valence-corrected chi connectivity index (χ3v) is 4.20. The van der Waals surface area contributed by atoms with Gasteiger partial charge in [0, 0.05) is 12.1 Å². The molecule has 1 aromatic carbocycles. The van der Waals surface area contributed by atoms with Crippen molar-refractivity contribution in [1.29, 1.82) is 0 Å². The molecule has 0 aliphatic rings. The maximum absolute atomic E-state index is 3.87. The van der Waals surface area contributed by atoms with E-state index in [1.807, 2.05) is 0 Å². The molecule has 1 aromatic rings. The van der Waals surface area contributed by atoms with E-state index in [1.165, 1.54) is 50.5 Å². The van der Waals surface area contributed by atoms with Crippen molar-refractivity contribution in [3.8, 4) is 0 Å². The van der Waals surface area contributed by atoms with Crippen molar-refractivity contribution in [2.24, 2.45) is 5.92 Å². The van der Waals surface area contributed by atoms with E-state index in [0.29, 0.717) is 12.1 Å². The number of rotatable bonds is 11. The molecule has 0 aromatic heterocycles. The molecule has 0 heterocycles. The van der Waals surface area contributed by atoms with Gasteiger partial charge in [-0.05, 0) is 31.2 Å². The van der Waals surface area contributed by atoms with Crippen LogP contribution < -0.4 is 5.32 Å². The highest BCUT2D eigenvalue weighted by Crippen LogP contribution is 2.21. The molecule has 0 aliphatic carbocycles. The second-order valence-corrected chi connectivity index (χ2v) is 6.85. The maximum Gasteiger partial charge on any atom is 0.0322 e. The highest BCUT2D eigenvalue weighted by Gasteiger charge is 2.13. The van der Waals surface area contributed by atoms with Crippen LogP contribution in [-0.2, 0) is 0 Å². The number of unbranched alkanes of at least 4 members (excludes halogenated alkanes) is 2. The van der Waals surface area contributed by atoms with Gasteiger partial charge in [-0.3, -0.25) is 0 Å². The van der Waals surface area contributed by atoms with Gasteiger partial charge < -0.3 is 5.32 Å². The summed E-state index contributed by atoms with van der Waals surface area (Å²) in [4.78, 5) is 0. The first-order chi connectivity index (χ1) is 10.1. The fourth-order valence-corrected chi connectivity index (χ4v) is 2.89. The van der Waals surface area contributed by atoms with E-state index in [9.17, 15) is 0 Å². The minimum Gasteiger partial charge on any atom is -0.307 e. The first kappa shape index (κ1) is 18.2. The largest absolute Gasteiger partial charge is 0.307 e. The summed E-state index contributed by atoms with van der Waals surface area (Å²) in [6, 6.07) is 12.1. The van der Waals surface area contributed by atoms with Gasteiger partial charge in [0.15, 0.2) is 0 Å². The van der Waals surface area contributed by atoms with Crippen LogP contribution in [-0.4, -0.2) is 6.04 Å². The molecule has 0 amide bonds. The molecule has 0 spiro atoms. The summed E-state index contributed by atoms with van der Waals surface area (Å²) in [6.07, 6.45) is 9.18. The smallest absolute Gasteiger partial charge is 0.0322 e. The van der Waals surface area contributed by atoms with Crippen molar-refractivity contribution in [1.82, 2.24) is 5.32 Å². The predicted octanol–water partition coefficient (Wildman–Crippen LogP) is 6.11. The van der Waals surface area contributed by atoms with Crippen LogP contribution in [0.5, 0.6) is 0 Å². The molecular weight excluding hydrogens is 254 g/mol. The van der Waals surface area contributed by atoms with Crippen molar-refractivity contribution in [2.75, 3.05) is 0 Å². The molecule has 2 unspecified atom stereocenters. The Hall–Kier alpha value is -0.820. The summed E-state index contributed by atoms with van der Waals surface area (Å²) in [5.74, 6) is 0.826. The number of benzene rings is 1. The highest BCUT2D eigenvalue weighted by molar-refractivity contribution is 5.18. The van der Waals surface area contributed by atoms with Gasteiger partial charge in [-0.15, -0.1) is 0 Å². The number of nitrogens with one attached hydrogen (secondary N) is 1. The lowest BCUT2D eigenvalue weighted by molar-refractivity contribution is 0.388. The van der Waals surface area contributed by atoms with E-state index in [1.54, 1.807) is 0 Å². The van der Waals surface area contributed by atoms with Gasteiger partial charge in [0.05, 0.1) is 0 Å². The van der Waals surface area contributed by atoms with Crippen molar-refractivity contribution in [3.63, 3.8) is 0 Å². The fourth-order valence-electron chi connectivity index (χ4n) is 2.89. The van der Waals surface area contributed by atoms with Crippen molar-refractivity contribution < 1.29 is 0 Å². The molecule has 120 valence electrons. The molecule has 0 radical (unpaired) electrons. The zero-order valence-corrected chi connectivity index (χ0v) is 14.6. The van der Waals surface area contributed by atoms with E-state index in [2.05, 4.69) is 63.3 Å². The van der Waals surface area contributed by atoms with E-state index in [-0.39, 0.29) is 0 Å². The second kappa shape index (κ2) is 10.8. The fraction of sp³-hybridized carbons (Fsp3) is 0.700. The monoisotopic (exact) mass is 289 g/mol. The summed E-state index contributed by atoms with van der Waals surface area (Å²) in [5.41, 5.74) is 1.45. The van der Waals surface area contributed by atoms with Gasteiger partial charge in [-0.25, -0.2) is 0 Å². The minimum atomic E-state index is 0.520. The molecule has 0 aliphatic heterocycles. The summed E-state index contributed by atoms with van der Waals surface area (Å²) in [7, 11) is 0. The zero-order valence-electron chi connectivity index (χ0n) is 14.6. The Bertz CT molecular complexity index is 344. The van der Waals surface area contributed by atoms with Crippen LogP contribution >= 0.6 is 0 Å². The topological polar surface area (TPSA) is 12.0 Å².